The van der Waals surface area contributed by atoms with Gasteiger partial charge >= 0.3 is 5.97 Å². The van der Waals surface area contributed by atoms with Crippen LogP contribution in [0.25, 0.3) is 0 Å². The fourth-order valence-electron chi connectivity index (χ4n) is 1.95. The first kappa shape index (κ1) is 16.1. The fraction of sp³-hybridized carbons (Fsp3) is 0.533. The van der Waals surface area contributed by atoms with E-state index in [0.717, 1.165) is 6.08 Å². The summed E-state index contributed by atoms with van der Waals surface area (Å²) >= 11 is 0. The molecule has 110 valence electrons. The second-order valence-corrected chi connectivity index (χ2v) is 6.30. The van der Waals surface area contributed by atoms with E-state index in [-0.39, 0.29) is 23.2 Å². The number of nitrogens with one attached hydrogen (secondary N) is 1. The molecule has 1 atom stereocenters. The third kappa shape index (κ3) is 3.56. The molecule has 1 aliphatic rings. The van der Waals surface area contributed by atoms with E-state index in [1.54, 1.807) is 13.8 Å². The van der Waals surface area contributed by atoms with Gasteiger partial charge in [-0.15, -0.1) is 0 Å². The molecule has 5 nitrogen and oxygen atoms in total. The molecular formula is C15H21NO4. The molecule has 5 heteroatoms. The van der Waals surface area contributed by atoms with Crippen LogP contribution >= 0.6 is 0 Å². The van der Waals surface area contributed by atoms with Gasteiger partial charge in [-0.2, -0.15) is 0 Å². The first-order chi connectivity index (χ1) is 9.04. The lowest BCUT2D eigenvalue weighted by atomic mass is 9.80. The van der Waals surface area contributed by atoms with Crippen LogP contribution in [-0.2, 0) is 14.4 Å². The summed E-state index contributed by atoms with van der Waals surface area (Å²) in [5.41, 5.74) is -0.0197. The maximum Gasteiger partial charge on any atom is 0.326 e. The summed E-state index contributed by atoms with van der Waals surface area (Å²) in [6.07, 6.45) is 2.48. The highest BCUT2D eigenvalue weighted by molar-refractivity contribution is 6.20. The monoisotopic (exact) mass is 279 g/mol. The van der Waals surface area contributed by atoms with E-state index in [2.05, 4.69) is 5.32 Å². The maximum absolute atomic E-state index is 12.4. The molecular weight excluding hydrogens is 258 g/mol. The Hall–Kier alpha value is -1.91. The first-order valence-electron chi connectivity index (χ1n) is 6.56. The largest absolute Gasteiger partial charge is 0.480 e. The topological polar surface area (TPSA) is 83.5 Å². The Morgan fingerprint density at radius 2 is 1.75 bits per heavy atom. The van der Waals surface area contributed by atoms with E-state index in [4.69, 9.17) is 5.11 Å². The Morgan fingerprint density at radius 3 is 2.15 bits per heavy atom. The van der Waals surface area contributed by atoms with Gasteiger partial charge in [-0.05, 0) is 17.4 Å². The van der Waals surface area contributed by atoms with Crippen LogP contribution in [0.5, 0.6) is 0 Å². The van der Waals surface area contributed by atoms with Crippen molar-refractivity contribution in [2.45, 2.75) is 40.7 Å². The zero-order valence-corrected chi connectivity index (χ0v) is 12.5. The molecule has 0 aromatic heterocycles. The van der Waals surface area contributed by atoms with Crippen LogP contribution < -0.4 is 5.32 Å². The molecule has 0 aromatic rings. The van der Waals surface area contributed by atoms with Crippen LogP contribution in [0.1, 0.15) is 34.6 Å². The average molecular weight is 279 g/mol. The van der Waals surface area contributed by atoms with Crippen molar-refractivity contribution in [1.29, 1.82) is 0 Å². The lowest BCUT2D eigenvalue weighted by Gasteiger charge is -2.27. The Bertz CT molecular complexity index is 506. The molecule has 0 saturated heterocycles. The summed E-state index contributed by atoms with van der Waals surface area (Å²) in [6.45, 7) is 8.99. The number of rotatable bonds is 4. The van der Waals surface area contributed by atoms with Gasteiger partial charge in [0.15, 0.2) is 5.78 Å². The summed E-state index contributed by atoms with van der Waals surface area (Å²) in [4.78, 5) is 35.2. The molecule has 0 aliphatic heterocycles. The molecule has 1 rings (SSSR count). The molecule has 0 aromatic carbocycles. The molecule has 0 fully saturated rings. The van der Waals surface area contributed by atoms with Gasteiger partial charge < -0.3 is 10.4 Å². The standard InChI is InChI=1S/C15H21NO4/c1-8(2)12(14(19)20)16-11-7-9(17)6-10(13(11)18)15(3,4)5/h6-8,12,16H,1-5H3,(H,19,20)/t12-/m1/s1. The molecule has 2 N–H and O–H groups in total. The number of carbonyl (C=O) groups excluding carboxylic acids is 2. The molecule has 20 heavy (non-hydrogen) atoms. The number of allylic oxidation sites excluding steroid dienone is 3. The number of hydrogen-bond donors (Lipinski definition) is 2. The smallest absolute Gasteiger partial charge is 0.326 e. The van der Waals surface area contributed by atoms with E-state index < -0.39 is 17.4 Å². The van der Waals surface area contributed by atoms with Gasteiger partial charge in [0, 0.05) is 11.6 Å². The highest BCUT2D eigenvalue weighted by Crippen LogP contribution is 2.30. The summed E-state index contributed by atoms with van der Waals surface area (Å²) < 4.78 is 0. The van der Waals surface area contributed by atoms with Crippen molar-refractivity contribution >= 4 is 17.5 Å². The molecule has 0 bridgehead atoms. The van der Waals surface area contributed by atoms with Crippen LogP contribution in [0.4, 0.5) is 0 Å². The number of hydrogen-bond acceptors (Lipinski definition) is 4. The Labute approximate surface area is 118 Å². The number of ketones is 2. The van der Waals surface area contributed by atoms with E-state index in [9.17, 15) is 14.4 Å². The molecule has 0 spiro atoms. The van der Waals surface area contributed by atoms with Gasteiger partial charge in [-0.3, -0.25) is 9.59 Å². The Morgan fingerprint density at radius 1 is 1.20 bits per heavy atom. The predicted molar refractivity (Wildman–Crippen MR) is 75.0 cm³/mol. The van der Waals surface area contributed by atoms with E-state index in [0.29, 0.717) is 5.57 Å². The lowest BCUT2D eigenvalue weighted by Crippen LogP contribution is -2.43. The highest BCUT2D eigenvalue weighted by Gasteiger charge is 2.32. The minimum atomic E-state index is -1.05. The molecule has 0 heterocycles. The van der Waals surface area contributed by atoms with Crippen LogP contribution in [-0.4, -0.2) is 28.7 Å². The SMILES string of the molecule is CC(C)[C@@H](NC1=CC(=O)C=C(C(C)(C)C)C1=O)C(=O)O. The zero-order valence-electron chi connectivity index (χ0n) is 12.5. The van der Waals surface area contributed by atoms with Gasteiger partial charge in [-0.25, -0.2) is 4.79 Å². The van der Waals surface area contributed by atoms with Gasteiger partial charge in [-0.1, -0.05) is 34.6 Å². The van der Waals surface area contributed by atoms with Gasteiger partial charge in [0.25, 0.3) is 0 Å². The van der Waals surface area contributed by atoms with Crippen molar-refractivity contribution in [1.82, 2.24) is 5.32 Å². The minimum Gasteiger partial charge on any atom is -0.480 e. The van der Waals surface area contributed by atoms with Crippen molar-refractivity contribution in [2.24, 2.45) is 11.3 Å². The van der Waals surface area contributed by atoms with E-state index in [1.165, 1.54) is 6.08 Å². The van der Waals surface area contributed by atoms with E-state index in [1.807, 2.05) is 20.8 Å². The highest BCUT2D eigenvalue weighted by atomic mass is 16.4. The molecule has 0 radical (unpaired) electrons. The molecule has 0 unspecified atom stereocenters. The molecule has 0 saturated carbocycles. The quantitative estimate of drug-likeness (QED) is 0.765. The zero-order chi connectivity index (χ0) is 15.7. The number of aliphatic carboxylic acids is 1. The molecule has 0 amide bonds. The number of carboxylic acid groups (broad SMARTS) is 1. The van der Waals surface area contributed by atoms with Crippen LogP contribution in [0.2, 0.25) is 0 Å². The third-order valence-electron chi connectivity index (χ3n) is 3.11. The van der Waals surface area contributed by atoms with Gasteiger partial charge in [0.1, 0.15) is 6.04 Å². The van der Waals surface area contributed by atoms with E-state index >= 15 is 0 Å². The van der Waals surface area contributed by atoms with Crippen LogP contribution in [0.15, 0.2) is 23.4 Å². The summed E-state index contributed by atoms with van der Waals surface area (Å²) in [5.74, 6) is -1.87. The van der Waals surface area contributed by atoms with Crippen LogP contribution in [0.3, 0.4) is 0 Å². The predicted octanol–water partition coefficient (Wildman–Crippen LogP) is 1.69. The van der Waals surface area contributed by atoms with Crippen molar-refractivity contribution in [3.8, 4) is 0 Å². The Kier molecular flexibility index (Phi) is 4.53. The number of Topliss-reactive ketones (excluding diaryl/α,β-unsaturated/α-hetero) is 1. The van der Waals surface area contributed by atoms with Gasteiger partial charge in [0.05, 0.1) is 5.70 Å². The molecule has 1 aliphatic carbocycles. The normalized spacial score (nSPS) is 17.7. The third-order valence-corrected chi connectivity index (χ3v) is 3.11. The first-order valence-corrected chi connectivity index (χ1v) is 6.56. The average Bonchev–Trinajstić information content (AvgIpc) is 2.27. The summed E-state index contributed by atoms with van der Waals surface area (Å²) in [6, 6.07) is -0.905. The maximum atomic E-state index is 12.4. The van der Waals surface area contributed by atoms with Crippen molar-refractivity contribution in [2.75, 3.05) is 0 Å². The van der Waals surface area contributed by atoms with Crippen molar-refractivity contribution in [3.63, 3.8) is 0 Å². The van der Waals surface area contributed by atoms with Gasteiger partial charge in [0.2, 0.25) is 5.78 Å². The van der Waals surface area contributed by atoms with Crippen molar-refractivity contribution < 1.29 is 19.5 Å². The summed E-state index contributed by atoms with van der Waals surface area (Å²) in [7, 11) is 0. The lowest BCUT2D eigenvalue weighted by molar-refractivity contribution is -0.140. The number of carbonyl (C=O) groups is 3. The Balaban J connectivity index is 3.06. The minimum absolute atomic E-state index is 0.0588. The second kappa shape index (κ2) is 5.61. The fourth-order valence-corrected chi connectivity index (χ4v) is 1.95. The second-order valence-electron chi connectivity index (χ2n) is 6.30. The summed E-state index contributed by atoms with van der Waals surface area (Å²) in [5, 5.41) is 11.8. The van der Waals surface area contributed by atoms with Crippen LogP contribution in [0, 0.1) is 11.3 Å². The number of carboxylic acids is 1. The van der Waals surface area contributed by atoms with Crippen molar-refractivity contribution in [3.05, 3.63) is 23.4 Å².